The largest absolute Gasteiger partial charge is 0.497 e. The normalized spacial score (nSPS) is 32.5. The smallest absolute Gasteiger partial charge is 0.228 e. The standard InChI is InChI=1S/C15H18FNO3/c1-9-12(7-16)13-8-20-15(17(13)14(9)18)10-3-5-11(19-2)6-4-10/h3-6,9,12-13,15H,7-8H2,1-2H3/t9?,12-,13+,15+/m0/s1. The Balaban J connectivity index is 1.87. The van der Waals surface area contributed by atoms with Crippen molar-refractivity contribution >= 4 is 5.91 Å². The van der Waals surface area contributed by atoms with E-state index < -0.39 is 12.9 Å². The van der Waals surface area contributed by atoms with Crippen molar-refractivity contribution in [3.8, 4) is 5.75 Å². The molecule has 0 N–H and O–H groups in total. The van der Waals surface area contributed by atoms with Gasteiger partial charge in [0.05, 0.1) is 26.4 Å². The summed E-state index contributed by atoms with van der Waals surface area (Å²) in [5.41, 5.74) is 0.897. The molecule has 0 radical (unpaired) electrons. The first-order valence-electron chi connectivity index (χ1n) is 6.81. The Labute approximate surface area is 117 Å². The maximum atomic E-state index is 13.1. The van der Waals surface area contributed by atoms with Gasteiger partial charge in [0.15, 0.2) is 6.23 Å². The molecule has 3 rings (SSSR count). The van der Waals surface area contributed by atoms with Gasteiger partial charge in [0.2, 0.25) is 5.91 Å². The molecule has 0 aromatic heterocycles. The van der Waals surface area contributed by atoms with E-state index in [1.165, 1.54) is 0 Å². The van der Waals surface area contributed by atoms with E-state index >= 15 is 0 Å². The van der Waals surface area contributed by atoms with E-state index in [2.05, 4.69) is 0 Å². The highest BCUT2D eigenvalue weighted by molar-refractivity contribution is 5.82. The van der Waals surface area contributed by atoms with Crippen molar-refractivity contribution in [2.24, 2.45) is 11.8 Å². The highest BCUT2D eigenvalue weighted by atomic mass is 19.1. The summed E-state index contributed by atoms with van der Waals surface area (Å²) in [7, 11) is 1.61. The first-order valence-corrected chi connectivity index (χ1v) is 6.81. The number of hydrogen-bond acceptors (Lipinski definition) is 3. The summed E-state index contributed by atoms with van der Waals surface area (Å²) in [4.78, 5) is 14.0. The third-order valence-corrected chi connectivity index (χ3v) is 4.39. The van der Waals surface area contributed by atoms with Gasteiger partial charge in [0.25, 0.3) is 0 Å². The number of alkyl halides is 1. The average molecular weight is 279 g/mol. The quantitative estimate of drug-likeness (QED) is 0.851. The fourth-order valence-electron chi connectivity index (χ4n) is 3.15. The van der Waals surface area contributed by atoms with Crippen molar-refractivity contribution < 1.29 is 18.7 Å². The number of amides is 1. The van der Waals surface area contributed by atoms with Crippen molar-refractivity contribution in [2.75, 3.05) is 20.4 Å². The van der Waals surface area contributed by atoms with Gasteiger partial charge in [-0.15, -0.1) is 0 Å². The molecule has 4 atom stereocenters. The topological polar surface area (TPSA) is 38.8 Å². The fourth-order valence-corrected chi connectivity index (χ4v) is 3.15. The lowest BCUT2D eigenvalue weighted by atomic mass is 9.93. The number of rotatable bonds is 3. The van der Waals surface area contributed by atoms with Crippen LogP contribution in [0.2, 0.25) is 0 Å². The van der Waals surface area contributed by atoms with E-state index in [4.69, 9.17) is 9.47 Å². The van der Waals surface area contributed by atoms with Crippen molar-refractivity contribution in [3.63, 3.8) is 0 Å². The SMILES string of the molecule is COc1ccc([C@H]2OC[C@@H]3[C@@H](CF)C(C)C(=O)N23)cc1. The number of hydrogen-bond donors (Lipinski definition) is 0. The Morgan fingerprint density at radius 1 is 1.40 bits per heavy atom. The summed E-state index contributed by atoms with van der Waals surface area (Å²) in [6, 6.07) is 7.29. The predicted octanol–water partition coefficient (Wildman–Crippen LogP) is 2.16. The van der Waals surface area contributed by atoms with Crippen molar-refractivity contribution in [1.82, 2.24) is 4.90 Å². The monoisotopic (exact) mass is 279 g/mol. The lowest BCUT2D eigenvalue weighted by molar-refractivity contribution is -0.137. The van der Waals surface area contributed by atoms with Gasteiger partial charge in [-0.1, -0.05) is 19.1 Å². The molecular weight excluding hydrogens is 261 g/mol. The van der Waals surface area contributed by atoms with Crippen LogP contribution in [0.3, 0.4) is 0 Å². The van der Waals surface area contributed by atoms with Gasteiger partial charge in [-0.25, -0.2) is 0 Å². The minimum absolute atomic E-state index is 0.0176. The van der Waals surface area contributed by atoms with Gasteiger partial charge in [0.1, 0.15) is 5.75 Å². The highest BCUT2D eigenvalue weighted by Gasteiger charge is 2.52. The van der Waals surface area contributed by atoms with Gasteiger partial charge in [-0.05, 0) is 12.1 Å². The number of ether oxygens (including phenoxy) is 2. The van der Waals surface area contributed by atoms with Crippen LogP contribution >= 0.6 is 0 Å². The van der Waals surface area contributed by atoms with Crippen LogP contribution in [0.4, 0.5) is 4.39 Å². The molecule has 5 heteroatoms. The Morgan fingerprint density at radius 2 is 2.10 bits per heavy atom. The molecule has 20 heavy (non-hydrogen) atoms. The van der Waals surface area contributed by atoms with Crippen LogP contribution in [0.5, 0.6) is 5.75 Å². The van der Waals surface area contributed by atoms with Crippen molar-refractivity contribution in [2.45, 2.75) is 19.2 Å². The van der Waals surface area contributed by atoms with Crippen LogP contribution in [0.25, 0.3) is 0 Å². The number of halogens is 1. The molecule has 0 spiro atoms. The van der Waals surface area contributed by atoms with Crippen molar-refractivity contribution in [1.29, 1.82) is 0 Å². The second-order valence-electron chi connectivity index (χ2n) is 5.38. The van der Waals surface area contributed by atoms with Crippen LogP contribution in [0.15, 0.2) is 24.3 Å². The molecule has 1 aromatic rings. The Morgan fingerprint density at radius 3 is 2.70 bits per heavy atom. The summed E-state index contributed by atoms with van der Waals surface area (Å²) < 4.78 is 24.0. The number of nitrogens with zero attached hydrogens (tertiary/aromatic N) is 1. The van der Waals surface area contributed by atoms with E-state index in [0.29, 0.717) is 6.61 Å². The lowest BCUT2D eigenvalue weighted by Crippen LogP contribution is -2.33. The van der Waals surface area contributed by atoms with E-state index in [9.17, 15) is 9.18 Å². The van der Waals surface area contributed by atoms with Crippen LogP contribution in [0, 0.1) is 11.8 Å². The van der Waals surface area contributed by atoms with Crippen LogP contribution < -0.4 is 4.74 Å². The zero-order valence-electron chi connectivity index (χ0n) is 11.6. The number of carbonyl (C=O) groups excluding carboxylic acids is 1. The zero-order valence-corrected chi connectivity index (χ0v) is 11.6. The molecule has 0 bridgehead atoms. The van der Waals surface area contributed by atoms with Gasteiger partial charge >= 0.3 is 0 Å². The summed E-state index contributed by atoms with van der Waals surface area (Å²) in [5.74, 6) is 0.211. The highest BCUT2D eigenvalue weighted by Crippen LogP contribution is 2.43. The molecule has 4 nitrogen and oxygen atoms in total. The minimum Gasteiger partial charge on any atom is -0.497 e. The summed E-state index contributed by atoms with van der Waals surface area (Å²) in [6.07, 6.45) is -0.405. The maximum absolute atomic E-state index is 13.1. The zero-order chi connectivity index (χ0) is 14.3. The molecule has 0 saturated carbocycles. The predicted molar refractivity (Wildman–Crippen MR) is 71.0 cm³/mol. The summed E-state index contributed by atoms with van der Waals surface area (Å²) >= 11 is 0. The fraction of sp³-hybridized carbons (Fsp3) is 0.533. The summed E-state index contributed by atoms with van der Waals surface area (Å²) in [5, 5.41) is 0. The first-order chi connectivity index (χ1) is 9.67. The molecule has 108 valence electrons. The van der Waals surface area contributed by atoms with E-state index in [1.54, 1.807) is 18.9 Å². The van der Waals surface area contributed by atoms with Crippen LogP contribution in [-0.4, -0.2) is 37.2 Å². The average Bonchev–Trinajstić information content (AvgIpc) is 3.00. The Kier molecular flexibility index (Phi) is 3.38. The molecule has 1 unspecified atom stereocenters. The molecule has 1 amide bonds. The number of methoxy groups -OCH3 is 1. The molecule has 2 fully saturated rings. The van der Waals surface area contributed by atoms with E-state index in [-0.39, 0.29) is 23.8 Å². The molecule has 2 heterocycles. The Bertz CT molecular complexity index is 504. The number of benzene rings is 1. The molecule has 2 saturated heterocycles. The van der Waals surface area contributed by atoms with Gasteiger partial charge in [0, 0.05) is 17.4 Å². The van der Waals surface area contributed by atoms with Crippen molar-refractivity contribution in [3.05, 3.63) is 29.8 Å². The minimum atomic E-state index is -0.479. The maximum Gasteiger partial charge on any atom is 0.228 e. The molecular formula is C15H18FNO3. The third kappa shape index (κ3) is 1.88. The first kappa shape index (κ1) is 13.4. The van der Waals surface area contributed by atoms with Gasteiger partial charge in [-0.3, -0.25) is 9.18 Å². The second kappa shape index (κ2) is 5.05. The molecule has 2 aliphatic heterocycles. The van der Waals surface area contributed by atoms with Gasteiger partial charge < -0.3 is 14.4 Å². The molecule has 2 aliphatic rings. The van der Waals surface area contributed by atoms with Crippen LogP contribution in [0.1, 0.15) is 18.7 Å². The second-order valence-corrected chi connectivity index (χ2v) is 5.38. The lowest BCUT2D eigenvalue weighted by Gasteiger charge is -2.23. The van der Waals surface area contributed by atoms with E-state index in [1.807, 2.05) is 24.3 Å². The Hall–Kier alpha value is -1.62. The number of carbonyl (C=O) groups is 1. The van der Waals surface area contributed by atoms with E-state index in [0.717, 1.165) is 11.3 Å². The third-order valence-electron chi connectivity index (χ3n) is 4.39. The summed E-state index contributed by atoms with van der Waals surface area (Å²) in [6.45, 7) is 1.73. The number of fused-ring (bicyclic) bond motifs is 1. The van der Waals surface area contributed by atoms with Crippen LogP contribution in [-0.2, 0) is 9.53 Å². The van der Waals surface area contributed by atoms with Gasteiger partial charge in [-0.2, -0.15) is 0 Å². The molecule has 0 aliphatic carbocycles. The molecule has 1 aromatic carbocycles.